The van der Waals surface area contributed by atoms with E-state index in [1.54, 1.807) is 0 Å². The smallest absolute Gasteiger partial charge is 0.173 e. The zero-order valence-electron chi connectivity index (χ0n) is 16.9. The summed E-state index contributed by atoms with van der Waals surface area (Å²) in [4.78, 5) is 1.99. The van der Waals surface area contributed by atoms with Gasteiger partial charge in [-0.3, -0.25) is 4.68 Å². The summed E-state index contributed by atoms with van der Waals surface area (Å²) < 4.78 is 25.6. The van der Waals surface area contributed by atoms with Gasteiger partial charge in [0.25, 0.3) is 0 Å². The van der Waals surface area contributed by atoms with Crippen LogP contribution in [-0.4, -0.2) is 46.8 Å². The number of anilines is 1. The first kappa shape index (κ1) is 20.8. The van der Waals surface area contributed by atoms with Gasteiger partial charge in [-0.05, 0) is 50.5 Å². The molecule has 0 unspecified atom stereocenters. The van der Waals surface area contributed by atoms with E-state index >= 15 is 0 Å². The van der Waals surface area contributed by atoms with E-state index in [0.29, 0.717) is 18.1 Å². The molecule has 1 N–H and O–H groups in total. The molecule has 1 aliphatic heterocycles. The van der Waals surface area contributed by atoms with Crippen molar-refractivity contribution in [2.45, 2.75) is 46.2 Å². The Morgan fingerprint density at radius 1 is 1.36 bits per heavy atom. The first-order valence-electron chi connectivity index (χ1n) is 9.57. The van der Waals surface area contributed by atoms with Gasteiger partial charge in [-0.25, -0.2) is 8.42 Å². The van der Waals surface area contributed by atoms with Gasteiger partial charge in [0.2, 0.25) is 0 Å². The summed E-state index contributed by atoms with van der Waals surface area (Å²) in [5, 5.41) is 8.64. The summed E-state index contributed by atoms with van der Waals surface area (Å²) in [5.74, 6) is 0.425. The second kappa shape index (κ2) is 8.21. The zero-order valence-corrected chi connectivity index (χ0v) is 18.5. The first-order chi connectivity index (χ1) is 13.2. The molecule has 1 aromatic heterocycles. The highest BCUT2D eigenvalue weighted by Crippen LogP contribution is 2.27. The van der Waals surface area contributed by atoms with Crippen molar-refractivity contribution in [1.29, 1.82) is 0 Å². The average Bonchev–Trinajstić information content (AvgIpc) is 3.15. The van der Waals surface area contributed by atoms with Crippen molar-refractivity contribution in [3.05, 3.63) is 46.8 Å². The van der Waals surface area contributed by atoms with Crippen LogP contribution in [0.4, 0.5) is 5.69 Å². The molecule has 28 heavy (non-hydrogen) atoms. The number of hydrogen-bond donors (Lipinski definition) is 1. The fraction of sp³-hybridized carbons (Fsp3) is 0.500. The number of para-hydroxylation sites is 1. The molecule has 1 aliphatic rings. The molecule has 0 radical (unpaired) electrons. The Morgan fingerprint density at radius 3 is 2.71 bits per heavy atom. The number of sulfone groups is 1. The molecule has 152 valence electrons. The second-order valence-electron chi connectivity index (χ2n) is 7.45. The number of aromatic nitrogens is 2. The molecule has 2 aromatic rings. The van der Waals surface area contributed by atoms with Gasteiger partial charge in [0.15, 0.2) is 14.9 Å². The first-order valence-corrected chi connectivity index (χ1v) is 11.8. The van der Waals surface area contributed by atoms with Crippen molar-refractivity contribution in [2.75, 3.05) is 23.9 Å². The van der Waals surface area contributed by atoms with Crippen molar-refractivity contribution < 1.29 is 8.42 Å². The summed E-state index contributed by atoms with van der Waals surface area (Å²) in [6.45, 7) is 6.73. The Hall–Kier alpha value is -1.93. The summed E-state index contributed by atoms with van der Waals surface area (Å²) in [6, 6.07) is 8.09. The minimum atomic E-state index is -2.94. The number of hydrogen-bond acceptors (Lipinski definition) is 4. The van der Waals surface area contributed by atoms with Crippen LogP contribution in [0.5, 0.6) is 0 Å². The Labute approximate surface area is 172 Å². The molecular weight excluding hydrogens is 392 g/mol. The number of nitrogens with one attached hydrogen (secondary N) is 1. The lowest BCUT2D eigenvalue weighted by Gasteiger charge is -2.22. The molecule has 0 saturated carbocycles. The zero-order chi connectivity index (χ0) is 20.5. The maximum atomic E-state index is 11.8. The van der Waals surface area contributed by atoms with E-state index in [4.69, 9.17) is 12.2 Å². The van der Waals surface area contributed by atoms with Gasteiger partial charge in [-0.1, -0.05) is 25.1 Å². The number of aryl methyl sites for hydroxylation is 2. The molecule has 0 spiro atoms. The van der Waals surface area contributed by atoms with Gasteiger partial charge in [0.1, 0.15) is 0 Å². The van der Waals surface area contributed by atoms with E-state index in [-0.39, 0.29) is 17.5 Å². The van der Waals surface area contributed by atoms with Crippen LogP contribution >= 0.6 is 12.2 Å². The normalized spacial score (nSPS) is 18.2. The van der Waals surface area contributed by atoms with Gasteiger partial charge in [0, 0.05) is 30.5 Å². The summed E-state index contributed by atoms with van der Waals surface area (Å²) in [7, 11) is -0.985. The van der Waals surface area contributed by atoms with Crippen LogP contribution < -0.4 is 5.32 Å². The maximum Gasteiger partial charge on any atom is 0.173 e. The van der Waals surface area contributed by atoms with E-state index in [0.717, 1.165) is 29.1 Å². The van der Waals surface area contributed by atoms with Gasteiger partial charge in [-0.2, -0.15) is 5.10 Å². The van der Waals surface area contributed by atoms with E-state index in [1.165, 1.54) is 5.56 Å². The molecule has 0 bridgehead atoms. The van der Waals surface area contributed by atoms with Crippen molar-refractivity contribution in [3.63, 3.8) is 0 Å². The van der Waals surface area contributed by atoms with Crippen molar-refractivity contribution in [2.24, 2.45) is 0 Å². The van der Waals surface area contributed by atoms with Crippen LogP contribution in [0.2, 0.25) is 0 Å². The largest absolute Gasteiger partial charge is 0.348 e. The van der Waals surface area contributed by atoms with Gasteiger partial charge < -0.3 is 10.2 Å². The van der Waals surface area contributed by atoms with E-state index in [1.807, 2.05) is 48.7 Å². The van der Waals surface area contributed by atoms with Crippen LogP contribution in [0, 0.1) is 13.8 Å². The van der Waals surface area contributed by atoms with Crippen LogP contribution in [0.3, 0.4) is 0 Å². The van der Waals surface area contributed by atoms with E-state index in [2.05, 4.69) is 23.4 Å². The van der Waals surface area contributed by atoms with Gasteiger partial charge >= 0.3 is 0 Å². The molecule has 0 amide bonds. The lowest BCUT2D eigenvalue weighted by atomic mass is 10.1. The summed E-state index contributed by atoms with van der Waals surface area (Å²) >= 11 is 5.60. The number of thiocarbonyl (C=S) groups is 1. The Morgan fingerprint density at radius 2 is 2.07 bits per heavy atom. The topological polar surface area (TPSA) is 67.2 Å². The highest BCUT2D eigenvalue weighted by Gasteiger charge is 2.31. The fourth-order valence-electron chi connectivity index (χ4n) is 3.72. The van der Waals surface area contributed by atoms with Crippen molar-refractivity contribution in [3.8, 4) is 0 Å². The third kappa shape index (κ3) is 4.38. The number of benzene rings is 1. The Balaban J connectivity index is 1.73. The summed E-state index contributed by atoms with van der Waals surface area (Å²) in [6.07, 6.45) is 1.57. The standard InChI is InChI=1S/C20H28N4O2S2/c1-5-16-8-6-7-9-19(16)21-20(27)23(4)12-18-14(2)22-24(15(18)3)17-10-11-28(25,26)13-17/h6-9,17H,5,10-13H2,1-4H3,(H,21,27)/t17-/m0/s1. The van der Waals surface area contributed by atoms with E-state index < -0.39 is 9.84 Å². The number of nitrogens with zero attached hydrogens (tertiary/aromatic N) is 3. The summed E-state index contributed by atoms with van der Waals surface area (Å²) in [5.41, 5.74) is 5.29. The Bertz CT molecular complexity index is 982. The highest BCUT2D eigenvalue weighted by molar-refractivity contribution is 7.91. The lowest BCUT2D eigenvalue weighted by Crippen LogP contribution is -2.31. The predicted octanol–water partition coefficient (Wildman–Crippen LogP) is 3.25. The molecule has 0 aliphatic carbocycles. The molecular formula is C20H28N4O2S2. The monoisotopic (exact) mass is 420 g/mol. The molecule has 8 heteroatoms. The predicted molar refractivity (Wildman–Crippen MR) is 118 cm³/mol. The molecule has 2 heterocycles. The average molecular weight is 421 g/mol. The van der Waals surface area contributed by atoms with Crippen LogP contribution in [0.15, 0.2) is 24.3 Å². The minimum absolute atomic E-state index is 0.0655. The minimum Gasteiger partial charge on any atom is -0.348 e. The molecule has 1 saturated heterocycles. The third-order valence-corrected chi connectivity index (χ3v) is 7.58. The molecule has 6 nitrogen and oxygen atoms in total. The maximum absolute atomic E-state index is 11.8. The highest BCUT2D eigenvalue weighted by atomic mass is 32.2. The van der Waals surface area contributed by atoms with Crippen molar-refractivity contribution in [1.82, 2.24) is 14.7 Å². The van der Waals surface area contributed by atoms with Crippen LogP contribution in [0.1, 0.15) is 41.9 Å². The molecule has 3 rings (SSSR count). The fourth-order valence-corrected chi connectivity index (χ4v) is 5.59. The third-order valence-electron chi connectivity index (χ3n) is 5.41. The molecule has 1 fully saturated rings. The van der Waals surface area contributed by atoms with Crippen LogP contribution in [0.25, 0.3) is 0 Å². The second-order valence-corrected chi connectivity index (χ2v) is 10.1. The van der Waals surface area contributed by atoms with Crippen molar-refractivity contribution >= 4 is 32.9 Å². The quantitative estimate of drug-likeness (QED) is 0.749. The lowest BCUT2D eigenvalue weighted by molar-refractivity contribution is 0.479. The van der Waals surface area contributed by atoms with Gasteiger partial charge in [0.05, 0.1) is 23.2 Å². The van der Waals surface area contributed by atoms with Crippen LogP contribution in [-0.2, 0) is 22.8 Å². The molecule has 1 atom stereocenters. The Kier molecular flexibility index (Phi) is 6.09. The SMILES string of the molecule is CCc1ccccc1NC(=S)N(C)Cc1c(C)nn([C@H]2CCS(=O)(=O)C2)c1C. The van der Waals surface area contributed by atoms with Gasteiger partial charge in [-0.15, -0.1) is 0 Å². The number of rotatable bonds is 5. The van der Waals surface area contributed by atoms with E-state index in [9.17, 15) is 8.42 Å². The molecule has 1 aromatic carbocycles.